The first kappa shape index (κ1) is 62.7. The van der Waals surface area contributed by atoms with Gasteiger partial charge in [0.05, 0.1) is 44.8 Å². The number of rotatable bonds is 4. The maximum absolute atomic E-state index is 6.55. The van der Waals surface area contributed by atoms with E-state index in [1.54, 1.807) is 0 Å². The average molecular weight is 1440 g/mol. The zero-order valence-electron chi connectivity index (χ0n) is 56.3. The SMILES string of the molecule is CC1(C)OB(c2ccc3c(c2)C2(c4ccccc4-3)c3ccccc3N(c3ccccc3)c3ccccc32)OC1(C)C.Clc1ccc2oc3ccc(Br)cc3c2c1.Clc1ccc2sc3ccc(-c4ccc5c(c4)C4(c6ccccc6-5)c5ccccc5N(c5ccccc5)c5ccccc54)cc3c2c1. The van der Waals surface area contributed by atoms with Crippen LogP contribution in [0.15, 0.2) is 324 Å². The zero-order valence-corrected chi connectivity index (χ0v) is 60.2. The maximum atomic E-state index is 6.55. The molecule has 0 atom stereocenters. The van der Waals surface area contributed by atoms with E-state index in [0.29, 0.717) is 0 Å². The van der Waals surface area contributed by atoms with Crippen molar-refractivity contribution in [3.8, 4) is 33.4 Å². The van der Waals surface area contributed by atoms with Crippen LogP contribution in [0, 0.1) is 0 Å². The smallest absolute Gasteiger partial charge is 0.456 e. The van der Waals surface area contributed by atoms with Crippen molar-refractivity contribution in [2.24, 2.45) is 0 Å². The van der Waals surface area contributed by atoms with Crippen molar-refractivity contribution in [2.45, 2.75) is 49.7 Å². The van der Waals surface area contributed by atoms with Gasteiger partial charge in [-0.2, -0.15) is 0 Å². The van der Waals surface area contributed by atoms with Crippen LogP contribution in [0.2, 0.25) is 10.0 Å². The molecule has 0 amide bonds. The van der Waals surface area contributed by atoms with Gasteiger partial charge in [-0.25, -0.2) is 0 Å². The minimum absolute atomic E-state index is 0.405. The molecule has 21 rings (SSSR count). The van der Waals surface area contributed by atoms with Gasteiger partial charge >= 0.3 is 7.12 Å². The molecule has 14 aromatic carbocycles. The number of nitrogens with zero attached hydrogens (tertiary/aromatic N) is 2. The summed E-state index contributed by atoms with van der Waals surface area (Å²) >= 11 is 17.7. The van der Waals surface area contributed by atoms with Crippen LogP contribution in [0.3, 0.4) is 0 Å². The molecule has 0 bridgehead atoms. The van der Waals surface area contributed by atoms with Gasteiger partial charge in [-0.3, -0.25) is 0 Å². The molecule has 102 heavy (non-hydrogen) atoms. The average Bonchev–Trinajstić information content (AvgIpc) is 1.48. The Bertz CT molecular complexity index is 5920. The van der Waals surface area contributed by atoms with Crippen molar-refractivity contribution in [1.82, 2.24) is 0 Å². The number of anilines is 6. The molecule has 5 aliphatic rings. The van der Waals surface area contributed by atoms with E-state index in [9.17, 15) is 0 Å². The Labute approximate surface area is 615 Å². The predicted molar refractivity (Wildman–Crippen MR) is 429 cm³/mol. The first-order valence-electron chi connectivity index (χ1n) is 34.6. The van der Waals surface area contributed by atoms with Gasteiger partial charge in [0.2, 0.25) is 0 Å². The molecule has 1 fully saturated rings. The minimum Gasteiger partial charge on any atom is -0.456 e. The molecule has 0 radical (unpaired) electrons. The maximum Gasteiger partial charge on any atom is 0.494 e. The molecular weight excluding hydrogens is 1370 g/mol. The summed E-state index contributed by atoms with van der Waals surface area (Å²) in [5, 5.41) is 6.11. The van der Waals surface area contributed by atoms with Gasteiger partial charge in [-0.15, -0.1) is 11.3 Å². The van der Waals surface area contributed by atoms with Crippen molar-refractivity contribution < 1.29 is 13.7 Å². The molecule has 5 nitrogen and oxygen atoms in total. The van der Waals surface area contributed by atoms with Crippen LogP contribution >= 0.6 is 50.5 Å². The second-order valence-corrected chi connectivity index (χ2v) is 30.9. The number of thiophene rings is 1. The molecule has 0 unspecified atom stereocenters. The Morgan fingerprint density at radius 3 is 1.25 bits per heavy atom. The molecular formula is C92H64BBrCl2N2O3S. The highest BCUT2D eigenvalue weighted by Gasteiger charge is 2.56. The molecule has 2 aromatic heterocycles. The molecule has 1 saturated heterocycles. The Kier molecular flexibility index (Phi) is 14.7. The van der Waals surface area contributed by atoms with Crippen molar-refractivity contribution >= 4 is 139 Å². The van der Waals surface area contributed by atoms with E-state index in [2.05, 4.69) is 326 Å². The lowest BCUT2D eigenvalue weighted by Gasteiger charge is -2.45. The van der Waals surface area contributed by atoms with Gasteiger partial charge in [-0.1, -0.05) is 233 Å². The summed E-state index contributed by atoms with van der Waals surface area (Å²) in [6, 6.07) is 114. The fourth-order valence-corrected chi connectivity index (χ4v) is 18.7. The number of para-hydroxylation sites is 6. The molecule has 0 saturated carbocycles. The van der Waals surface area contributed by atoms with Gasteiger partial charge < -0.3 is 23.5 Å². The van der Waals surface area contributed by atoms with Gasteiger partial charge in [0.25, 0.3) is 0 Å². The quantitative estimate of drug-likeness (QED) is 0.164. The second-order valence-electron chi connectivity index (χ2n) is 28.0. The minimum atomic E-state index is -0.482. The van der Waals surface area contributed by atoms with E-state index in [-0.39, 0.29) is 0 Å². The fraction of sp³-hybridized carbons (Fsp3) is 0.0870. The van der Waals surface area contributed by atoms with E-state index < -0.39 is 29.2 Å². The highest BCUT2D eigenvalue weighted by atomic mass is 79.9. The van der Waals surface area contributed by atoms with Crippen molar-refractivity contribution in [3.63, 3.8) is 0 Å². The van der Waals surface area contributed by atoms with Crippen LogP contribution in [0.25, 0.3) is 75.5 Å². The van der Waals surface area contributed by atoms with Crippen LogP contribution in [-0.4, -0.2) is 18.3 Å². The lowest BCUT2D eigenvalue weighted by molar-refractivity contribution is 0.00578. The third-order valence-electron chi connectivity index (χ3n) is 22.0. The summed E-state index contributed by atoms with van der Waals surface area (Å²) in [4.78, 5) is 4.84. The molecule has 5 heterocycles. The largest absolute Gasteiger partial charge is 0.494 e. The third-order valence-corrected chi connectivity index (χ3v) is 24.1. The lowest BCUT2D eigenvalue weighted by atomic mass is 9.63. The standard InChI is InChI=1S/C43H26ClNS.C37H32BNO2.C12H6BrClO/c44-29-20-23-42-34(26-29)33-24-27(19-22-41(33)46-42)28-18-21-32-31-12-4-5-13-35(31)43(38(32)25-28)36-14-6-8-16-39(36)45(30-10-2-1-3-11-30)40-17-9-7-15-37(40)43;1-35(2)36(3,4)41-38(40-35)25-22-23-28-27-16-8-9-17-29(27)37(32(28)24-25)30-18-10-12-20-33(30)39(26-14-6-5-7-15-26)34-21-13-11-19-31(34)37;13-7-1-3-11-9(5-7)10-6-8(14)2-4-12(10)15-11/h1-26H;5-24H,1-4H3;1-6H. The van der Waals surface area contributed by atoms with Gasteiger partial charge in [-0.05, 0) is 232 Å². The van der Waals surface area contributed by atoms with Crippen molar-refractivity contribution in [2.75, 3.05) is 9.80 Å². The van der Waals surface area contributed by atoms with Crippen LogP contribution < -0.4 is 15.3 Å². The summed E-state index contributed by atoms with van der Waals surface area (Å²) in [7, 11) is -0.430. The van der Waals surface area contributed by atoms with Gasteiger partial charge in [0.1, 0.15) is 11.2 Å². The summed E-state index contributed by atoms with van der Waals surface area (Å²) in [6.45, 7) is 8.46. The van der Waals surface area contributed by atoms with Crippen LogP contribution in [0.5, 0.6) is 0 Å². The van der Waals surface area contributed by atoms with Crippen LogP contribution in [0.4, 0.5) is 34.1 Å². The highest BCUT2D eigenvalue weighted by molar-refractivity contribution is 9.10. The molecule has 16 aromatic rings. The highest BCUT2D eigenvalue weighted by Crippen LogP contribution is 2.66. The predicted octanol–water partition coefficient (Wildman–Crippen LogP) is 25.7. The summed E-state index contributed by atoms with van der Waals surface area (Å²) in [5.74, 6) is 0. The molecule has 0 N–H and O–H groups in total. The number of halogens is 3. The first-order chi connectivity index (χ1) is 49.8. The fourth-order valence-electron chi connectivity index (χ4n) is 16.9. The summed E-state index contributed by atoms with van der Waals surface area (Å²) in [6.07, 6.45) is 0. The molecule has 2 aliphatic carbocycles. The summed E-state index contributed by atoms with van der Waals surface area (Å²) in [5.41, 5.74) is 26.2. The van der Waals surface area contributed by atoms with Gasteiger partial charge in [0, 0.05) is 56.8 Å². The molecule has 3 aliphatic heterocycles. The Balaban J connectivity index is 0.000000118. The normalized spacial score (nSPS) is 15.4. The second kappa shape index (κ2) is 23.9. The third kappa shape index (κ3) is 9.50. The Morgan fingerprint density at radius 1 is 0.333 bits per heavy atom. The van der Waals surface area contributed by atoms with Crippen molar-refractivity contribution in [3.05, 3.63) is 374 Å². The van der Waals surface area contributed by atoms with E-state index >= 15 is 0 Å². The number of hydrogen-bond donors (Lipinski definition) is 0. The van der Waals surface area contributed by atoms with E-state index in [1.807, 2.05) is 53.8 Å². The molecule has 10 heteroatoms. The summed E-state index contributed by atoms with van der Waals surface area (Å²) < 4.78 is 22.4. The zero-order chi connectivity index (χ0) is 68.8. The number of benzene rings is 14. The number of furan rings is 1. The Hall–Kier alpha value is -10.3. The molecule has 490 valence electrons. The monoisotopic (exact) mass is 1440 g/mol. The Morgan fingerprint density at radius 2 is 0.716 bits per heavy atom. The number of fused-ring (bicyclic) bond motifs is 24. The topological polar surface area (TPSA) is 38.1 Å². The van der Waals surface area contributed by atoms with E-state index in [1.165, 1.54) is 121 Å². The van der Waals surface area contributed by atoms with Crippen LogP contribution in [0.1, 0.15) is 72.2 Å². The molecule has 2 spiro atoms. The van der Waals surface area contributed by atoms with E-state index in [0.717, 1.165) is 53.3 Å². The lowest BCUT2D eigenvalue weighted by Crippen LogP contribution is -2.41. The van der Waals surface area contributed by atoms with Crippen molar-refractivity contribution in [1.29, 1.82) is 0 Å². The first-order valence-corrected chi connectivity index (χ1v) is 37.0. The van der Waals surface area contributed by atoms with Gasteiger partial charge in [0.15, 0.2) is 0 Å². The van der Waals surface area contributed by atoms with Crippen LogP contribution in [-0.2, 0) is 20.1 Å². The number of hydrogen-bond acceptors (Lipinski definition) is 6. The van der Waals surface area contributed by atoms with E-state index in [4.69, 9.17) is 36.9 Å².